The van der Waals surface area contributed by atoms with Crippen molar-refractivity contribution < 1.29 is 21.4 Å². The molecule has 32 heavy (non-hydrogen) atoms. The molecule has 1 rings (SSSR count). The van der Waals surface area contributed by atoms with Crippen molar-refractivity contribution in [2.75, 3.05) is 0 Å². The van der Waals surface area contributed by atoms with Gasteiger partial charge in [-0.15, -0.1) is 0 Å². The molecule has 0 aliphatic carbocycles. The topological polar surface area (TPSA) is 63.2 Å². The molecule has 0 aliphatic rings. The minimum Gasteiger partial charge on any atom is -0.292 e. The summed E-state index contributed by atoms with van der Waals surface area (Å²) in [6.45, 7) is 2.24. The van der Waals surface area contributed by atoms with Crippen molar-refractivity contribution in [3.8, 4) is 0 Å². The third-order valence-electron chi connectivity index (χ3n) is 5.58. The van der Waals surface area contributed by atoms with Crippen molar-refractivity contribution in [3.05, 3.63) is 32.9 Å². The summed E-state index contributed by atoms with van der Waals surface area (Å²) in [6.07, 6.45) is 18.6. The van der Waals surface area contributed by atoms with Crippen LogP contribution < -0.4 is 5.32 Å². The van der Waals surface area contributed by atoms with E-state index in [4.69, 9.17) is 0 Å². The van der Waals surface area contributed by atoms with E-state index in [-0.39, 0.29) is 15.6 Å². The summed E-state index contributed by atoms with van der Waals surface area (Å²) in [7, 11) is 0. The van der Waals surface area contributed by atoms with Crippen molar-refractivity contribution in [1.82, 2.24) is 5.32 Å². The highest BCUT2D eigenvalue weighted by Crippen LogP contribution is 2.21. The highest BCUT2D eigenvalue weighted by atomic mass is 127. The Kier molecular flexibility index (Phi) is 16.4. The number of imide groups is 1. The Morgan fingerprint density at radius 2 is 1.25 bits per heavy atom. The summed E-state index contributed by atoms with van der Waals surface area (Å²) in [4.78, 5) is 24.1. The molecule has 1 aromatic carbocycles. The Hall–Kier alpha value is -1.25. The van der Waals surface area contributed by atoms with E-state index in [0.29, 0.717) is 12.5 Å². The normalized spacial score (nSPS) is 11.0. The second-order valence-corrected chi connectivity index (χ2v) is 9.92. The first-order chi connectivity index (χ1) is 15.5. The molecule has 0 fully saturated rings. The molecule has 0 atom stereocenters. The fourth-order valence-corrected chi connectivity index (χ4v) is 4.72. The van der Waals surface area contributed by atoms with E-state index >= 15 is 0 Å². The molecule has 2 amide bonds. The van der Waals surface area contributed by atoms with E-state index in [1.54, 1.807) is 0 Å². The fourth-order valence-electron chi connectivity index (χ4n) is 3.71. The van der Waals surface area contributed by atoms with Crippen LogP contribution in [0.1, 0.15) is 120 Å². The molecular weight excluding hydrogens is 527 g/mol. The molecule has 0 bridgehead atoms. The van der Waals surface area contributed by atoms with Gasteiger partial charge in [-0.1, -0.05) is 96.8 Å². The first-order valence-corrected chi connectivity index (χ1v) is 14.1. The Morgan fingerprint density at radius 3 is 1.72 bits per heavy atom. The molecule has 0 unspecified atom stereocenters. The summed E-state index contributed by atoms with van der Waals surface area (Å²) in [5.41, 5.74) is -0.366. The largest absolute Gasteiger partial charge is 0.292 e. The SMILES string of the molecule is CCCCCCCCCCCCCCCCCC(=O)NC(=O)c1cc(F)cc(F)c1I=O. The van der Waals surface area contributed by atoms with Gasteiger partial charge >= 0.3 is 0 Å². The predicted octanol–water partition coefficient (Wildman–Crippen LogP) is 7.97. The van der Waals surface area contributed by atoms with Crippen LogP contribution in [0, 0.1) is 15.2 Å². The predicted molar refractivity (Wildman–Crippen MR) is 132 cm³/mol. The summed E-state index contributed by atoms with van der Waals surface area (Å²) >= 11 is -2.00. The monoisotopic (exact) mass is 565 g/mol. The van der Waals surface area contributed by atoms with Crippen LogP contribution in [0.5, 0.6) is 0 Å². The number of benzene rings is 1. The average Bonchev–Trinajstić information content (AvgIpc) is 2.75. The van der Waals surface area contributed by atoms with E-state index in [9.17, 15) is 21.4 Å². The lowest BCUT2D eigenvalue weighted by molar-refractivity contribution is -0.120. The first-order valence-electron chi connectivity index (χ1n) is 12.1. The number of carbonyl (C=O) groups excluding carboxylic acids is 2. The van der Waals surface area contributed by atoms with Gasteiger partial charge in [-0.25, -0.2) is 8.78 Å². The van der Waals surface area contributed by atoms with E-state index in [1.165, 1.54) is 70.6 Å². The van der Waals surface area contributed by atoms with Crippen LogP contribution in [0.3, 0.4) is 0 Å². The van der Waals surface area contributed by atoms with Gasteiger partial charge in [-0.3, -0.25) is 18.0 Å². The van der Waals surface area contributed by atoms with Gasteiger partial charge in [0.2, 0.25) is 5.91 Å². The molecule has 4 nitrogen and oxygen atoms in total. The van der Waals surface area contributed by atoms with Crippen molar-refractivity contribution in [2.24, 2.45) is 0 Å². The van der Waals surface area contributed by atoms with Crippen molar-refractivity contribution in [2.45, 2.75) is 110 Å². The van der Waals surface area contributed by atoms with E-state index in [2.05, 4.69) is 12.2 Å². The van der Waals surface area contributed by atoms with E-state index in [0.717, 1.165) is 25.3 Å². The number of hydrogen-bond acceptors (Lipinski definition) is 3. The number of amides is 2. The van der Waals surface area contributed by atoms with Crippen LogP contribution in [0.25, 0.3) is 0 Å². The second kappa shape index (κ2) is 18.2. The Balaban J connectivity index is 2.04. The van der Waals surface area contributed by atoms with Crippen LogP contribution in [-0.2, 0) is 7.86 Å². The van der Waals surface area contributed by atoms with Gasteiger partial charge in [0, 0.05) is 12.5 Å². The fraction of sp³-hybridized carbons (Fsp3) is 0.680. The lowest BCUT2D eigenvalue weighted by Gasteiger charge is -2.07. The maximum Gasteiger partial charge on any atom is 0.259 e. The third-order valence-corrected chi connectivity index (χ3v) is 7.11. The van der Waals surface area contributed by atoms with Crippen LogP contribution >= 0.6 is 21.2 Å². The second-order valence-electron chi connectivity index (χ2n) is 8.40. The third kappa shape index (κ3) is 12.7. The number of halogens is 3. The van der Waals surface area contributed by atoms with Gasteiger partial charge in [0.25, 0.3) is 5.91 Å². The minimum absolute atomic E-state index is 0.184. The lowest BCUT2D eigenvalue weighted by atomic mass is 10.0. The maximum atomic E-state index is 13.6. The Morgan fingerprint density at radius 1 is 0.781 bits per heavy atom. The number of rotatable bonds is 18. The smallest absolute Gasteiger partial charge is 0.259 e. The molecule has 0 saturated carbocycles. The Bertz CT molecular complexity index is 713. The van der Waals surface area contributed by atoms with Crippen LogP contribution in [0.15, 0.2) is 12.1 Å². The molecule has 0 radical (unpaired) electrons. The molecule has 0 aliphatic heterocycles. The summed E-state index contributed by atoms with van der Waals surface area (Å²) in [6, 6.07) is 1.40. The molecule has 182 valence electrons. The first kappa shape index (κ1) is 28.8. The van der Waals surface area contributed by atoms with Gasteiger partial charge in [0.05, 0.1) is 9.13 Å². The van der Waals surface area contributed by atoms with Gasteiger partial charge < -0.3 is 0 Å². The lowest BCUT2D eigenvalue weighted by Crippen LogP contribution is -2.31. The number of carbonyl (C=O) groups is 2. The van der Waals surface area contributed by atoms with Gasteiger partial charge in [-0.2, -0.15) is 0 Å². The molecule has 0 heterocycles. The zero-order valence-electron chi connectivity index (χ0n) is 19.3. The summed E-state index contributed by atoms with van der Waals surface area (Å²) in [5, 5.41) is 2.14. The molecular formula is C25H38F2INO3. The molecule has 0 spiro atoms. The zero-order valence-corrected chi connectivity index (χ0v) is 21.5. The van der Waals surface area contributed by atoms with Crippen LogP contribution in [0.2, 0.25) is 0 Å². The van der Waals surface area contributed by atoms with E-state index in [1.807, 2.05) is 0 Å². The standard InChI is InChI=1S/C25H38F2INO3/c1-2-3-4-5-6-7-8-9-10-11-12-13-14-15-16-17-23(30)29-25(31)21-18-20(26)19-22(27)24(21)28-32/h18-19H,2-17H2,1H3,(H,29,30,31). The number of hydrogen-bond donors (Lipinski definition) is 1. The molecule has 1 aromatic rings. The summed E-state index contributed by atoms with van der Waals surface area (Å²) in [5.74, 6) is -3.35. The van der Waals surface area contributed by atoms with Crippen molar-refractivity contribution in [3.63, 3.8) is 0 Å². The molecule has 0 saturated heterocycles. The van der Waals surface area contributed by atoms with Crippen LogP contribution in [0.4, 0.5) is 8.78 Å². The van der Waals surface area contributed by atoms with Gasteiger partial charge in [0.1, 0.15) is 11.6 Å². The average molecular weight is 565 g/mol. The minimum atomic E-state index is -2.00. The molecule has 1 N–H and O–H groups in total. The van der Waals surface area contributed by atoms with Gasteiger partial charge in [0.15, 0.2) is 21.2 Å². The highest BCUT2D eigenvalue weighted by molar-refractivity contribution is 14.1. The molecule has 7 heteroatoms. The number of nitrogens with one attached hydrogen (secondary N) is 1. The zero-order chi connectivity index (χ0) is 23.6. The quantitative estimate of drug-likeness (QED) is 0.112. The molecule has 0 aromatic heterocycles. The van der Waals surface area contributed by atoms with Crippen LogP contribution in [-0.4, -0.2) is 11.8 Å². The Labute approximate surface area is 202 Å². The highest BCUT2D eigenvalue weighted by Gasteiger charge is 2.19. The van der Waals surface area contributed by atoms with Gasteiger partial charge in [-0.05, 0) is 12.5 Å². The summed E-state index contributed by atoms with van der Waals surface area (Å²) < 4.78 is 37.9. The van der Waals surface area contributed by atoms with E-state index < -0.39 is 44.6 Å². The number of unbranched alkanes of at least 4 members (excludes halogenated alkanes) is 14. The van der Waals surface area contributed by atoms with Crippen molar-refractivity contribution >= 4 is 33.0 Å². The maximum absolute atomic E-state index is 13.6. The van der Waals surface area contributed by atoms with Crippen molar-refractivity contribution in [1.29, 1.82) is 0 Å².